The summed E-state index contributed by atoms with van der Waals surface area (Å²) in [5.74, 6) is 0.876. The molecule has 0 bridgehead atoms. The molecule has 0 aliphatic rings. The van der Waals surface area contributed by atoms with Gasteiger partial charge < -0.3 is 15.5 Å². The number of hydrogen-bond donors (Lipinski definition) is 2. The minimum atomic E-state index is 0. The van der Waals surface area contributed by atoms with Crippen LogP contribution in [0.15, 0.2) is 35.3 Å². The van der Waals surface area contributed by atoms with E-state index in [0.29, 0.717) is 0 Å². The Morgan fingerprint density at radius 2 is 1.65 bits per heavy atom. The fourth-order valence-corrected chi connectivity index (χ4v) is 2.48. The fraction of sp³-hybridized carbons (Fsp3) is 0.611. The van der Waals surface area contributed by atoms with E-state index in [1.165, 1.54) is 31.5 Å². The molecule has 1 rings (SSSR count). The summed E-state index contributed by atoms with van der Waals surface area (Å²) in [6.45, 7) is 9.82. The summed E-state index contributed by atoms with van der Waals surface area (Å²) in [6.07, 6.45) is 3.60. The van der Waals surface area contributed by atoms with Crippen LogP contribution in [0.25, 0.3) is 0 Å². The summed E-state index contributed by atoms with van der Waals surface area (Å²) in [5, 5.41) is 6.74. The first kappa shape index (κ1) is 22.2. The quantitative estimate of drug-likeness (QED) is 0.257. The lowest BCUT2D eigenvalue weighted by Gasteiger charge is -2.21. The van der Waals surface area contributed by atoms with Crippen LogP contribution < -0.4 is 10.6 Å². The second kappa shape index (κ2) is 14.8. The normalized spacial score (nSPS) is 11.2. The Morgan fingerprint density at radius 3 is 2.22 bits per heavy atom. The summed E-state index contributed by atoms with van der Waals surface area (Å²) in [5.41, 5.74) is 1.27. The van der Waals surface area contributed by atoms with Gasteiger partial charge in [0, 0.05) is 20.1 Å². The van der Waals surface area contributed by atoms with E-state index in [-0.39, 0.29) is 24.0 Å². The number of hydrogen-bond acceptors (Lipinski definition) is 2. The molecule has 5 heteroatoms. The number of benzene rings is 1. The van der Waals surface area contributed by atoms with Crippen molar-refractivity contribution in [2.75, 3.05) is 33.2 Å². The Kier molecular flexibility index (Phi) is 14.2. The summed E-state index contributed by atoms with van der Waals surface area (Å²) in [6, 6.07) is 10.4. The van der Waals surface area contributed by atoms with Gasteiger partial charge in [-0.2, -0.15) is 0 Å². The maximum absolute atomic E-state index is 4.27. The Morgan fingerprint density at radius 1 is 1.00 bits per heavy atom. The molecule has 0 fully saturated rings. The number of halogens is 1. The first-order valence-electron chi connectivity index (χ1n) is 8.51. The molecule has 0 heterocycles. The number of guanidine groups is 1. The van der Waals surface area contributed by atoms with Crippen LogP contribution >= 0.6 is 24.0 Å². The molecule has 1 aromatic carbocycles. The minimum Gasteiger partial charge on any atom is -0.356 e. The van der Waals surface area contributed by atoms with Crippen LogP contribution in [-0.4, -0.2) is 44.1 Å². The monoisotopic (exact) mass is 432 g/mol. The number of nitrogens with one attached hydrogen (secondary N) is 2. The van der Waals surface area contributed by atoms with Crippen molar-refractivity contribution in [3.8, 4) is 0 Å². The van der Waals surface area contributed by atoms with Crippen molar-refractivity contribution >= 4 is 29.9 Å². The van der Waals surface area contributed by atoms with Gasteiger partial charge in [-0.15, -0.1) is 24.0 Å². The first-order valence-corrected chi connectivity index (χ1v) is 8.51. The van der Waals surface area contributed by atoms with E-state index in [0.717, 1.165) is 32.0 Å². The van der Waals surface area contributed by atoms with Crippen molar-refractivity contribution < 1.29 is 0 Å². The van der Waals surface area contributed by atoms with Gasteiger partial charge in [0.05, 0.1) is 0 Å². The maximum Gasteiger partial charge on any atom is 0.191 e. The highest BCUT2D eigenvalue weighted by atomic mass is 127. The summed E-state index contributed by atoms with van der Waals surface area (Å²) in [4.78, 5) is 6.82. The molecule has 2 N–H and O–H groups in total. The van der Waals surface area contributed by atoms with Gasteiger partial charge in [0.25, 0.3) is 0 Å². The molecule has 0 amide bonds. The molecule has 0 aromatic heterocycles. The van der Waals surface area contributed by atoms with Crippen LogP contribution in [0.4, 0.5) is 0 Å². The van der Waals surface area contributed by atoms with Crippen molar-refractivity contribution in [3.63, 3.8) is 0 Å². The molecule has 0 aliphatic heterocycles. The van der Waals surface area contributed by atoms with Crippen molar-refractivity contribution in [1.82, 2.24) is 15.5 Å². The van der Waals surface area contributed by atoms with Gasteiger partial charge in [0.1, 0.15) is 0 Å². The number of rotatable bonds is 10. The van der Waals surface area contributed by atoms with E-state index in [9.17, 15) is 0 Å². The average molecular weight is 432 g/mol. The largest absolute Gasteiger partial charge is 0.356 e. The molecule has 4 nitrogen and oxygen atoms in total. The molecule has 0 radical (unpaired) electrons. The summed E-state index contributed by atoms with van der Waals surface area (Å²) < 4.78 is 0. The van der Waals surface area contributed by atoms with Crippen molar-refractivity contribution in [3.05, 3.63) is 35.9 Å². The zero-order chi connectivity index (χ0) is 16.0. The van der Waals surface area contributed by atoms with Gasteiger partial charge >= 0.3 is 0 Å². The predicted molar refractivity (Wildman–Crippen MR) is 112 cm³/mol. The average Bonchev–Trinajstić information content (AvgIpc) is 2.55. The molecular formula is C18H33IN4. The van der Waals surface area contributed by atoms with Gasteiger partial charge in [-0.1, -0.05) is 44.2 Å². The zero-order valence-corrected chi connectivity index (χ0v) is 17.2. The van der Waals surface area contributed by atoms with Gasteiger partial charge in [-0.25, -0.2) is 0 Å². The molecule has 0 saturated heterocycles. The molecular weight excluding hydrogens is 399 g/mol. The maximum atomic E-state index is 4.27. The Labute approximate surface area is 159 Å². The molecule has 0 atom stereocenters. The second-order valence-corrected chi connectivity index (χ2v) is 5.53. The summed E-state index contributed by atoms with van der Waals surface area (Å²) in [7, 11) is 1.82. The van der Waals surface area contributed by atoms with Crippen LogP contribution in [0.5, 0.6) is 0 Å². The highest BCUT2D eigenvalue weighted by Crippen LogP contribution is 1.97. The first-order chi connectivity index (χ1) is 10.8. The Balaban J connectivity index is 0.00000484. The third kappa shape index (κ3) is 10.5. The smallest absolute Gasteiger partial charge is 0.191 e. The highest BCUT2D eigenvalue weighted by Gasteiger charge is 2.02. The van der Waals surface area contributed by atoms with E-state index in [2.05, 4.69) is 58.6 Å². The third-order valence-electron chi connectivity index (χ3n) is 3.55. The molecule has 0 unspecified atom stereocenters. The van der Waals surface area contributed by atoms with Gasteiger partial charge in [0.2, 0.25) is 0 Å². The standard InChI is InChI=1S/C18H32N4.HI/c1-4-13-22(14-5-2)15-9-12-20-18(19-3)21-16-17-10-7-6-8-11-17;/h6-8,10-11H,4-5,9,12-16H2,1-3H3,(H2,19,20,21);1H. The van der Waals surface area contributed by atoms with Crippen LogP contribution in [0.1, 0.15) is 38.7 Å². The van der Waals surface area contributed by atoms with Crippen LogP contribution in [0.2, 0.25) is 0 Å². The predicted octanol–water partition coefficient (Wildman–Crippen LogP) is 3.48. The number of nitrogens with zero attached hydrogens (tertiary/aromatic N) is 2. The minimum absolute atomic E-state index is 0. The number of aliphatic imine (C=N–C) groups is 1. The van der Waals surface area contributed by atoms with E-state index in [1.807, 2.05) is 13.1 Å². The van der Waals surface area contributed by atoms with E-state index >= 15 is 0 Å². The van der Waals surface area contributed by atoms with Crippen LogP contribution in [0, 0.1) is 0 Å². The third-order valence-corrected chi connectivity index (χ3v) is 3.55. The van der Waals surface area contributed by atoms with Crippen LogP contribution in [0.3, 0.4) is 0 Å². The van der Waals surface area contributed by atoms with E-state index in [1.54, 1.807) is 0 Å². The summed E-state index contributed by atoms with van der Waals surface area (Å²) >= 11 is 0. The molecule has 23 heavy (non-hydrogen) atoms. The lowest BCUT2D eigenvalue weighted by molar-refractivity contribution is 0.271. The highest BCUT2D eigenvalue weighted by molar-refractivity contribution is 14.0. The topological polar surface area (TPSA) is 39.7 Å². The lowest BCUT2D eigenvalue weighted by atomic mass is 10.2. The van der Waals surface area contributed by atoms with E-state index < -0.39 is 0 Å². The van der Waals surface area contributed by atoms with Crippen molar-refractivity contribution in [1.29, 1.82) is 0 Å². The van der Waals surface area contributed by atoms with E-state index in [4.69, 9.17) is 0 Å². The van der Waals surface area contributed by atoms with Gasteiger partial charge in [-0.05, 0) is 44.5 Å². The Bertz CT molecular complexity index is 403. The van der Waals surface area contributed by atoms with Crippen molar-refractivity contribution in [2.24, 2.45) is 4.99 Å². The molecule has 0 aliphatic carbocycles. The lowest BCUT2D eigenvalue weighted by Crippen LogP contribution is -2.38. The fourth-order valence-electron chi connectivity index (χ4n) is 2.48. The zero-order valence-electron chi connectivity index (χ0n) is 14.8. The SMILES string of the molecule is CCCN(CCC)CCCNC(=NC)NCc1ccccc1.I. The van der Waals surface area contributed by atoms with Crippen molar-refractivity contribution in [2.45, 2.75) is 39.7 Å². The second-order valence-electron chi connectivity index (χ2n) is 5.53. The Hall–Kier alpha value is -0.820. The van der Waals surface area contributed by atoms with Crippen LogP contribution in [-0.2, 0) is 6.54 Å². The molecule has 132 valence electrons. The molecule has 0 saturated carbocycles. The van der Waals surface area contributed by atoms with Gasteiger partial charge in [0.15, 0.2) is 5.96 Å². The molecule has 0 spiro atoms. The molecule has 1 aromatic rings. The van der Waals surface area contributed by atoms with Gasteiger partial charge in [-0.3, -0.25) is 4.99 Å².